The summed E-state index contributed by atoms with van der Waals surface area (Å²) in [5.41, 5.74) is 2.69. The Kier molecular flexibility index (Phi) is 6.38. The van der Waals surface area contributed by atoms with E-state index < -0.39 is 0 Å². The van der Waals surface area contributed by atoms with Crippen LogP contribution in [0.3, 0.4) is 0 Å². The molecule has 0 radical (unpaired) electrons. The Morgan fingerprint density at radius 3 is 1.96 bits per heavy atom. The van der Waals surface area contributed by atoms with Crippen molar-refractivity contribution < 1.29 is 19.1 Å². The van der Waals surface area contributed by atoms with Gasteiger partial charge in [-0.3, -0.25) is 9.59 Å². The summed E-state index contributed by atoms with van der Waals surface area (Å²) in [5, 5.41) is 5.49. The summed E-state index contributed by atoms with van der Waals surface area (Å²) >= 11 is 0. The van der Waals surface area contributed by atoms with Crippen LogP contribution in [-0.2, 0) is 9.59 Å². The molecule has 0 aliphatic carbocycles. The molecule has 0 heterocycles. The topological polar surface area (TPSA) is 76.7 Å². The number of carbonyl (C=O) groups excluding carboxylic acids is 2. The van der Waals surface area contributed by atoms with E-state index >= 15 is 0 Å². The maximum absolute atomic E-state index is 12.4. The van der Waals surface area contributed by atoms with E-state index in [1.54, 1.807) is 63.6 Å². The molecule has 136 valence electrons. The molecule has 0 atom stereocenters. The van der Waals surface area contributed by atoms with Crippen molar-refractivity contribution >= 4 is 29.3 Å². The van der Waals surface area contributed by atoms with Gasteiger partial charge >= 0.3 is 0 Å². The van der Waals surface area contributed by atoms with Crippen LogP contribution in [0.2, 0.25) is 0 Å². The van der Waals surface area contributed by atoms with Crippen LogP contribution in [0.15, 0.2) is 48.0 Å². The number of amides is 2. The van der Waals surface area contributed by atoms with Crippen molar-refractivity contribution in [1.82, 2.24) is 0 Å². The molecule has 2 N–H and O–H groups in total. The molecule has 0 aromatic heterocycles. The number of rotatable bonds is 6. The Bertz CT molecular complexity index is 826. The molecule has 6 nitrogen and oxygen atoms in total. The van der Waals surface area contributed by atoms with Gasteiger partial charge in [-0.25, -0.2) is 0 Å². The second kappa shape index (κ2) is 8.71. The SMILES string of the molecule is COc1ccc(/C=C(\C)C(=O)Nc2ccc(NC(C)=O)cc2)cc1OC. The van der Waals surface area contributed by atoms with Crippen LogP contribution in [0, 0.1) is 0 Å². The lowest BCUT2D eigenvalue weighted by atomic mass is 10.1. The van der Waals surface area contributed by atoms with Gasteiger partial charge in [0.2, 0.25) is 5.91 Å². The van der Waals surface area contributed by atoms with Gasteiger partial charge in [-0.1, -0.05) is 6.07 Å². The van der Waals surface area contributed by atoms with Crippen LogP contribution in [0.5, 0.6) is 11.5 Å². The van der Waals surface area contributed by atoms with Crippen LogP contribution in [0.25, 0.3) is 6.08 Å². The summed E-state index contributed by atoms with van der Waals surface area (Å²) in [6, 6.07) is 12.4. The van der Waals surface area contributed by atoms with Gasteiger partial charge in [-0.05, 0) is 55.0 Å². The van der Waals surface area contributed by atoms with Crippen molar-refractivity contribution in [1.29, 1.82) is 0 Å². The van der Waals surface area contributed by atoms with Crippen LogP contribution >= 0.6 is 0 Å². The predicted octanol–water partition coefficient (Wildman–Crippen LogP) is 3.70. The molecule has 2 rings (SSSR count). The van der Waals surface area contributed by atoms with E-state index in [2.05, 4.69) is 10.6 Å². The Hall–Kier alpha value is -3.28. The molecule has 0 fully saturated rings. The highest BCUT2D eigenvalue weighted by Crippen LogP contribution is 2.28. The number of methoxy groups -OCH3 is 2. The molecule has 2 amide bonds. The van der Waals surface area contributed by atoms with Crippen LogP contribution in [0.1, 0.15) is 19.4 Å². The Balaban J connectivity index is 2.09. The zero-order chi connectivity index (χ0) is 19.1. The number of nitrogens with one attached hydrogen (secondary N) is 2. The third-order valence-corrected chi connectivity index (χ3v) is 3.61. The molecule has 26 heavy (non-hydrogen) atoms. The van der Waals surface area contributed by atoms with Crippen molar-refractivity contribution in [3.05, 3.63) is 53.6 Å². The fraction of sp³-hybridized carbons (Fsp3) is 0.200. The van der Waals surface area contributed by atoms with E-state index in [4.69, 9.17) is 9.47 Å². The lowest BCUT2D eigenvalue weighted by molar-refractivity contribution is -0.114. The first kappa shape index (κ1) is 19.1. The van der Waals surface area contributed by atoms with Gasteiger partial charge in [0.05, 0.1) is 14.2 Å². The number of benzene rings is 2. The molecule has 0 saturated heterocycles. The third kappa shape index (κ3) is 5.11. The van der Waals surface area contributed by atoms with E-state index in [1.165, 1.54) is 6.92 Å². The summed E-state index contributed by atoms with van der Waals surface area (Å²) in [7, 11) is 3.14. The second-order valence-electron chi connectivity index (χ2n) is 5.65. The minimum Gasteiger partial charge on any atom is -0.493 e. The average Bonchev–Trinajstić information content (AvgIpc) is 2.62. The van der Waals surface area contributed by atoms with E-state index in [9.17, 15) is 9.59 Å². The Morgan fingerprint density at radius 2 is 1.42 bits per heavy atom. The maximum Gasteiger partial charge on any atom is 0.251 e. The van der Waals surface area contributed by atoms with E-state index in [1.807, 2.05) is 6.07 Å². The lowest BCUT2D eigenvalue weighted by Gasteiger charge is -2.09. The molecule has 0 bridgehead atoms. The Labute approximate surface area is 152 Å². The molecule has 0 aliphatic heterocycles. The molecule has 2 aromatic carbocycles. The van der Waals surface area contributed by atoms with Gasteiger partial charge in [0.1, 0.15) is 0 Å². The zero-order valence-corrected chi connectivity index (χ0v) is 15.3. The first-order valence-corrected chi connectivity index (χ1v) is 8.02. The standard InChI is InChI=1S/C20H22N2O4/c1-13(11-15-5-10-18(25-3)19(12-15)26-4)20(24)22-17-8-6-16(7-9-17)21-14(2)23/h5-12H,1-4H3,(H,21,23)(H,22,24)/b13-11+. The fourth-order valence-electron chi connectivity index (χ4n) is 2.33. The first-order chi connectivity index (χ1) is 12.4. The van der Waals surface area contributed by atoms with Gasteiger partial charge in [-0.15, -0.1) is 0 Å². The van der Waals surface area contributed by atoms with Gasteiger partial charge in [0, 0.05) is 23.9 Å². The predicted molar refractivity (Wildman–Crippen MR) is 103 cm³/mol. The number of hydrogen-bond donors (Lipinski definition) is 2. The molecule has 2 aromatic rings. The highest BCUT2D eigenvalue weighted by molar-refractivity contribution is 6.06. The molecule has 0 spiro atoms. The highest BCUT2D eigenvalue weighted by atomic mass is 16.5. The summed E-state index contributed by atoms with van der Waals surface area (Å²) in [4.78, 5) is 23.4. The van der Waals surface area contributed by atoms with E-state index in [0.29, 0.717) is 28.4 Å². The van der Waals surface area contributed by atoms with Gasteiger partial charge in [0.25, 0.3) is 5.91 Å². The lowest BCUT2D eigenvalue weighted by Crippen LogP contribution is -2.12. The summed E-state index contributed by atoms with van der Waals surface area (Å²) in [6.07, 6.45) is 1.77. The third-order valence-electron chi connectivity index (χ3n) is 3.61. The zero-order valence-electron chi connectivity index (χ0n) is 15.3. The second-order valence-corrected chi connectivity index (χ2v) is 5.65. The molecule has 6 heteroatoms. The number of ether oxygens (including phenoxy) is 2. The van der Waals surface area contributed by atoms with Crippen molar-refractivity contribution in [2.75, 3.05) is 24.9 Å². The molecule has 0 unspecified atom stereocenters. The summed E-state index contributed by atoms with van der Waals surface area (Å²) < 4.78 is 10.5. The molecular weight excluding hydrogens is 332 g/mol. The van der Waals surface area contributed by atoms with Gasteiger partial charge in [-0.2, -0.15) is 0 Å². The minimum atomic E-state index is -0.216. The van der Waals surface area contributed by atoms with Crippen molar-refractivity contribution in [3.8, 4) is 11.5 Å². The summed E-state index contributed by atoms with van der Waals surface area (Å²) in [6.45, 7) is 3.18. The normalized spacial score (nSPS) is 10.8. The average molecular weight is 354 g/mol. The minimum absolute atomic E-state index is 0.143. The molecular formula is C20H22N2O4. The van der Waals surface area contributed by atoms with Crippen molar-refractivity contribution in [3.63, 3.8) is 0 Å². The summed E-state index contributed by atoms with van der Waals surface area (Å²) in [5.74, 6) is 0.872. The Morgan fingerprint density at radius 1 is 0.846 bits per heavy atom. The number of carbonyl (C=O) groups is 2. The van der Waals surface area contributed by atoms with Gasteiger partial charge in [0.15, 0.2) is 11.5 Å². The highest BCUT2D eigenvalue weighted by Gasteiger charge is 2.08. The van der Waals surface area contributed by atoms with Crippen molar-refractivity contribution in [2.45, 2.75) is 13.8 Å². The van der Waals surface area contributed by atoms with Crippen LogP contribution in [0.4, 0.5) is 11.4 Å². The quantitative estimate of drug-likeness (QED) is 0.776. The monoisotopic (exact) mass is 354 g/mol. The molecule has 0 aliphatic rings. The molecule has 0 saturated carbocycles. The van der Waals surface area contributed by atoms with E-state index in [0.717, 1.165) is 5.56 Å². The van der Waals surface area contributed by atoms with Crippen LogP contribution in [-0.4, -0.2) is 26.0 Å². The van der Waals surface area contributed by atoms with Gasteiger partial charge < -0.3 is 20.1 Å². The fourth-order valence-corrected chi connectivity index (χ4v) is 2.33. The smallest absolute Gasteiger partial charge is 0.251 e. The van der Waals surface area contributed by atoms with Crippen LogP contribution < -0.4 is 20.1 Å². The number of anilines is 2. The van der Waals surface area contributed by atoms with Crippen molar-refractivity contribution in [2.24, 2.45) is 0 Å². The maximum atomic E-state index is 12.4. The largest absolute Gasteiger partial charge is 0.493 e. The first-order valence-electron chi connectivity index (χ1n) is 8.02. The number of hydrogen-bond acceptors (Lipinski definition) is 4. The van der Waals surface area contributed by atoms with E-state index in [-0.39, 0.29) is 11.8 Å².